The highest BCUT2D eigenvalue weighted by Gasteiger charge is 2.65. The smallest absolute Gasteiger partial charge is 0.165 e. The van der Waals surface area contributed by atoms with Crippen molar-refractivity contribution in [2.45, 2.75) is 55.8 Å². The number of nitrogens with one attached hydrogen (secondary N) is 1. The minimum atomic E-state index is 0.0610. The Kier molecular flexibility index (Phi) is 3.60. The molecule has 1 saturated carbocycles. The van der Waals surface area contributed by atoms with Gasteiger partial charge in [-0.3, -0.25) is 0 Å². The molecule has 2 heterocycles. The van der Waals surface area contributed by atoms with Crippen LogP contribution in [0.5, 0.6) is 11.5 Å². The van der Waals surface area contributed by atoms with E-state index in [1.807, 2.05) is 6.07 Å². The molecule has 2 aromatic rings. The third-order valence-corrected chi connectivity index (χ3v) is 8.01. The summed E-state index contributed by atoms with van der Waals surface area (Å²) in [6.07, 6.45) is 4.70. The molecule has 1 unspecified atom stereocenters. The number of benzene rings is 2. The molecule has 2 fully saturated rings. The van der Waals surface area contributed by atoms with E-state index in [1.54, 1.807) is 0 Å². The van der Waals surface area contributed by atoms with Gasteiger partial charge >= 0.3 is 0 Å². The van der Waals surface area contributed by atoms with Gasteiger partial charge < -0.3 is 20.1 Å². The van der Waals surface area contributed by atoms with E-state index >= 15 is 0 Å². The molecule has 6 rings (SSSR count). The Morgan fingerprint density at radius 2 is 2.04 bits per heavy atom. The van der Waals surface area contributed by atoms with Gasteiger partial charge in [0.25, 0.3) is 0 Å². The van der Waals surface area contributed by atoms with E-state index in [9.17, 15) is 5.11 Å². The molecule has 2 bridgehead atoms. The number of likely N-dealkylation sites (N-methyl/N-ethyl adjacent to an activating group) is 1. The molecule has 0 radical (unpaired) electrons. The number of ether oxygens (including phenoxy) is 1. The summed E-state index contributed by atoms with van der Waals surface area (Å²) in [5.74, 6) is 1.73. The first-order chi connectivity index (χ1) is 13.7. The third-order valence-electron chi connectivity index (χ3n) is 8.01. The lowest BCUT2D eigenvalue weighted by molar-refractivity contribution is -0.0575. The van der Waals surface area contributed by atoms with Crippen molar-refractivity contribution in [3.63, 3.8) is 0 Å². The highest BCUT2D eigenvalue weighted by Crippen LogP contribution is 2.63. The van der Waals surface area contributed by atoms with Crippen LogP contribution in [0.1, 0.15) is 36.0 Å². The molecular formula is C24H28N2O2. The molecule has 2 aliphatic heterocycles. The third kappa shape index (κ3) is 2.13. The first-order valence-corrected chi connectivity index (χ1v) is 10.7. The zero-order chi connectivity index (χ0) is 18.9. The summed E-state index contributed by atoms with van der Waals surface area (Å²) in [5, 5.41) is 14.4. The fourth-order valence-corrected chi connectivity index (χ4v) is 6.79. The summed E-state index contributed by atoms with van der Waals surface area (Å²) in [5.41, 5.74) is 4.11. The van der Waals surface area contributed by atoms with E-state index in [2.05, 4.69) is 53.7 Å². The minimum Gasteiger partial charge on any atom is -0.504 e. The van der Waals surface area contributed by atoms with Crippen LogP contribution in [-0.4, -0.2) is 41.8 Å². The van der Waals surface area contributed by atoms with Gasteiger partial charge in [-0.2, -0.15) is 0 Å². The Morgan fingerprint density at radius 3 is 2.89 bits per heavy atom. The van der Waals surface area contributed by atoms with Crippen molar-refractivity contribution >= 4 is 0 Å². The maximum Gasteiger partial charge on any atom is 0.165 e. The van der Waals surface area contributed by atoms with Crippen molar-refractivity contribution < 1.29 is 9.84 Å². The molecule has 4 nitrogen and oxygen atoms in total. The Bertz CT molecular complexity index is 914. The summed E-state index contributed by atoms with van der Waals surface area (Å²) in [6, 6.07) is 15.5. The maximum atomic E-state index is 10.6. The van der Waals surface area contributed by atoms with Gasteiger partial charge in [-0.05, 0) is 62.4 Å². The highest BCUT2D eigenvalue weighted by molar-refractivity contribution is 5.60. The number of rotatable bonds is 3. The number of hydrogen-bond donors (Lipinski definition) is 2. The van der Waals surface area contributed by atoms with Crippen molar-refractivity contribution in [1.82, 2.24) is 10.2 Å². The zero-order valence-electron chi connectivity index (χ0n) is 16.4. The molecule has 2 aromatic carbocycles. The van der Waals surface area contributed by atoms with E-state index in [0.717, 1.165) is 38.1 Å². The summed E-state index contributed by atoms with van der Waals surface area (Å²) in [7, 11) is 2.29. The Balaban J connectivity index is 1.40. The lowest BCUT2D eigenvalue weighted by Gasteiger charge is -2.59. The van der Waals surface area contributed by atoms with Gasteiger partial charge in [0, 0.05) is 29.6 Å². The Hall–Kier alpha value is -2.04. The first kappa shape index (κ1) is 16.9. The number of phenolic OH excluding ortho intramolecular Hbond substituents is 1. The van der Waals surface area contributed by atoms with Crippen LogP contribution < -0.4 is 10.1 Å². The van der Waals surface area contributed by atoms with Crippen molar-refractivity contribution in [3.05, 3.63) is 59.2 Å². The lowest BCUT2D eigenvalue weighted by Crippen LogP contribution is -2.67. The average Bonchev–Trinajstić information content (AvgIpc) is 3.07. The Labute approximate surface area is 166 Å². The number of piperidine rings is 1. The largest absolute Gasteiger partial charge is 0.504 e. The second-order valence-electron chi connectivity index (χ2n) is 9.19. The van der Waals surface area contributed by atoms with Crippen LogP contribution in [0.15, 0.2) is 42.5 Å². The molecule has 4 aliphatic rings. The molecule has 5 atom stereocenters. The van der Waals surface area contributed by atoms with Crippen molar-refractivity contribution in [2.24, 2.45) is 5.92 Å². The van der Waals surface area contributed by atoms with Gasteiger partial charge in [0.2, 0.25) is 0 Å². The molecule has 2 N–H and O–H groups in total. The van der Waals surface area contributed by atoms with Gasteiger partial charge in [0.05, 0.1) is 0 Å². The number of aromatic hydroxyl groups is 1. The van der Waals surface area contributed by atoms with Crippen LogP contribution in [0.3, 0.4) is 0 Å². The number of likely N-dealkylation sites (tertiary alicyclic amines) is 1. The monoisotopic (exact) mass is 376 g/mol. The molecule has 0 aromatic heterocycles. The van der Waals surface area contributed by atoms with Crippen molar-refractivity contribution in [3.8, 4) is 11.5 Å². The number of nitrogens with zero attached hydrogens (tertiary/aromatic N) is 1. The average molecular weight is 377 g/mol. The molecule has 1 saturated heterocycles. The van der Waals surface area contributed by atoms with E-state index in [1.165, 1.54) is 23.1 Å². The number of hydrogen-bond acceptors (Lipinski definition) is 4. The summed E-state index contributed by atoms with van der Waals surface area (Å²) in [6.45, 7) is 1.98. The van der Waals surface area contributed by atoms with Gasteiger partial charge in [-0.1, -0.05) is 36.4 Å². The molecule has 2 aliphatic carbocycles. The Morgan fingerprint density at radius 1 is 1.18 bits per heavy atom. The quantitative estimate of drug-likeness (QED) is 0.863. The minimum absolute atomic E-state index is 0.0610. The van der Waals surface area contributed by atoms with Crippen LogP contribution in [0.4, 0.5) is 0 Å². The first-order valence-electron chi connectivity index (χ1n) is 10.7. The SMILES string of the molecule is CN1CC[C@]23c4c5ccc(O)c4O[C@H]2[C@@H](NCc2ccccc2)CCC3[C@H]1C5. The van der Waals surface area contributed by atoms with Gasteiger partial charge in [0.15, 0.2) is 11.5 Å². The van der Waals surface area contributed by atoms with E-state index in [0.29, 0.717) is 23.8 Å². The van der Waals surface area contributed by atoms with E-state index < -0.39 is 0 Å². The van der Waals surface area contributed by atoms with E-state index in [4.69, 9.17) is 4.74 Å². The molecule has 0 amide bonds. The van der Waals surface area contributed by atoms with Crippen molar-refractivity contribution in [1.29, 1.82) is 0 Å². The van der Waals surface area contributed by atoms with Gasteiger partial charge in [-0.25, -0.2) is 0 Å². The topological polar surface area (TPSA) is 44.7 Å². The summed E-state index contributed by atoms with van der Waals surface area (Å²) in [4.78, 5) is 2.57. The predicted molar refractivity (Wildman–Crippen MR) is 109 cm³/mol. The fourth-order valence-electron chi connectivity index (χ4n) is 6.79. The number of phenols is 1. The molecule has 4 heteroatoms. The van der Waals surface area contributed by atoms with Gasteiger partial charge in [0.1, 0.15) is 6.10 Å². The normalized spacial score (nSPS) is 35.3. The summed E-state index contributed by atoms with van der Waals surface area (Å²) >= 11 is 0. The second kappa shape index (κ2) is 5.98. The standard InChI is InChI=1S/C24H28N2O2/c1-26-12-11-24-17-8-9-18(25-14-15-5-3-2-4-6-15)23(24)28-22-20(27)10-7-16(21(22)24)13-19(17)26/h2-7,10,17-19,23,25,27H,8-9,11-14H2,1H3/t17?,18-,19+,23-,24-/m0/s1. The second-order valence-corrected chi connectivity index (χ2v) is 9.19. The maximum absolute atomic E-state index is 10.6. The fraction of sp³-hybridized carbons (Fsp3) is 0.500. The predicted octanol–water partition coefficient (Wildman–Crippen LogP) is 3.22. The molecule has 146 valence electrons. The highest BCUT2D eigenvalue weighted by atomic mass is 16.5. The van der Waals surface area contributed by atoms with Gasteiger partial charge in [-0.15, -0.1) is 0 Å². The summed E-state index contributed by atoms with van der Waals surface area (Å²) < 4.78 is 6.61. The van der Waals surface area contributed by atoms with Crippen LogP contribution in [0.25, 0.3) is 0 Å². The zero-order valence-corrected chi connectivity index (χ0v) is 16.4. The van der Waals surface area contributed by atoms with Crippen LogP contribution in [0.2, 0.25) is 0 Å². The van der Waals surface area contributed by atoms with Crippen LogP contribution in [0, 0.1) is 5.92 Å². The van der Waals surface area contributed by atoms with Crippen molar-refractivity contribution in [2.75, 3.05) is 13.6 Å². The molecular weight excluding hydrogens is 348 g/mol. The van der Waals surface area contributed by atoms with Crippen LogP contribution in [-0.2, 0) is 18.4 Å². The molecule has 28 heavy (non-hydrogen) atoms. The van der Waals surface area contributed by atoms with E-state index in [-0.39, 0.29) is 11.5 Å². The lowest BCUT2D eigenvalue weighted by atomic mass is 9.51. The van der Waals surface area contributed by atoms with Crippen LogP contribution >= 0.6 is 0 Å². The molecule has 1 spiro atoms.